The number of rotatable bonds is 7. The van der Waals surface area contributed by atoms with Crippen molar-refractivity contribution in [1.29, 1.82) is 0 Å². The number of hydrogen-bond acceptors (Lipinski definition) is 2. The maximum atomic E-state index is 3.93. The lowest BCUT2D eigenvalue weighted by Crippen LogP contribution is -2.58. The molecule has 2 rings (SSSR count). The van der Waals surface area contributed by atoms with Gasteiger partial charge in [0.1, 0.15) is 0 Å². The summed E-state index contributed by atoms with van der Waals surface area (Å²) in [5.74, 6) is 2.69. The van der Waals surface area contributed by atoms with Crippen LogP contribution in [0.1, 0.15) is 66.2 Å². The Labute approximate surface area is 126 Å². The van der Waals surface area contributed by atoms with Gasteiger partial charge >= 0.3 is 0 Å². The molecule has 2 aliphatic rings. The van der Waals surface area contributed by atoms with E-state index in [1.54, 1.807) is 0 Å². The minimum atomic E-state index is 0.727. The first kappa shape index (κ1) is 16.3. The van der Waals surface area contributed by atoms with Crippen LogP contribution in [-0.2, 0) is 0 Å². The second-order valence-corrected chi connectivity index (χ2v) is 7.87. The quantitative estimate of drug-likeness (QED) is 0.711. The van der Waals surface area contributed by atoms with Crippen LogP contribution in [0.2, 0.25) is 0 Å². The second-order valence-electron chi connectivity index (χ2n) is 7.87. The molecule has 2 fully saturated rings. The smallest absolute Gasteiger partial charge is 0.0148 e. The Morgan fingerprint density at radius 2 is 1.65 bits per heavy atom. The molecule has 118 valence electrons. The van der Waals surface area contributed by atoms with Crippen LogP contribution < -0.4 is 5.32 Å². The van der Waals surface area contributed by atoms with Gasteiger partial charge in [0.05, 0.1) is 0 Å². The first-order chi connectivity index (χ1) is 9.58. The molecule has 2 unspecified atom stereocenters. The lowest BCUT2D eigenvalue weighted by atomic mass is 9.73. The predicted molar refractivity (Wildman–Crippen MR) is 88.0 cm³/mol. The third-order valence-corrected chi connectivity index (χ3v) is 5.42. The van der Waals surface area contributed by atoms with Gasteiger partial charge in [-0.1, -0.05) is 33.1 Å². The maximum Gasteiger partial charge on any atom is 0.0148 e. The van der Waals surface area contributed by atoms with E-state index in [1.807, 2.05) is 0 Å². The number of unbranched alkanes of at least 4 members (excludes halogenated alkanes) is 1. The Morgan fingerprint density at radius 3 is 2.20 bits per heavy atom. The molecule has 2 atom stereocenters. The van der Waals surface area contributed by atoms with E-state index in [9.17, 15) is 0 Å². The van der Waals surface area contributed by atoms with E-state index in [4.69, 9.17) is 0 Å². The van der Waals surface area contributed by atoms with Crippen LogP contribution in [0.5, 0.6) is 0 Å². The zero-order chi connectivity index (χ0) is 14.5. The SMILES string of the molecule is CC(C)CCCCNC1C2CCCC1CN(C(C)C)C2. The average molecular weight is 280 g/mol. The number of likely N-dealkylation sites (tertiary alicyclic amines) is 1. The van der Waals surface area contributed by atoms with Crippen molar-refractivity contribution < 1.29 is 0 Å². The lowest BCUT2D eigenvalue weighted by molar-refractivity contribution is 0.0296. The average Bonchev–Trinajstić information content (AvgIpc) is 2.36. The van der Waals surface area contributed by atoms with E-state index in [1.165, 1.54) is 58.2 Å². The van der Waals surface area contributed by atoms with Gasteiger partial charge in [0.15, 0.2) is 0 Å². The standard InChI is InChI=1S/C18H36N2/c1-14(2)8-5-6-11-19-18-16-9-7-10-17(18)13-20(12-16)15(3)4/h14-19H,5-13H2,1-4H3. The van der Waals surface area contributed by atoms with E-state index in [0.29, 0.717) is 0 Å². The van der Waals surface area contributed by atoms with Gasteiger partial charge in [-0.05, 0) is 57.4 Å². The van der Waals surface area contributed by atoms with Crippen molar-refractivity contribution >= 4 is 0 Å². The fraction of sp³-hybridized carbons (Fsp3) is 1.00. The number of nitrogens with zero attached hydrogens (tertiary/aromatic N) is 1. The molecule has 0 aromatic rings. The van der Waals surface area contributed by atoms with Crippen LogP contribution in [-0.4, -0.2) is 36.6 Å². The molecule has 0 amide bonds. The summed E-state index contributed by atoms with van der Waals surface area (Å²) in [6.45, 7) is 13.3. The van der Waals surface area contributed by atoms with E-state index in [-0.39, 0.29) is 0 Å². The highest BCUT2D eigenvalue weighted by Crippen LogP contribution is 2.35. The Balaban J connectivity index is 1.74. The molecule has 20 heavy (non-hydrogen) atoms. The monoisotopic (exact) mass is 280 g/mol. The number of piperidine rings is 1. The van der Waals surface area contributed by atoms with Gasteiger partial charge < -0.3 is 10.2 Å². The molecule has 2 nitrogen and oxygen atoms in total. The van der Waals surface area contributed by atoms with Crippen LogP contribution in [0, 0.1) is 17.8 Å². The molecular weight excluding hydrogens is 244 g/mol. The van der Waals surface area contributed by atoms with Crippen LogP contribution in [0.25, 0.3) is 0 Å². The third-order valence-electron chi connectivity index (χ3n) is 5.42. The van der Waals surface area contributed by atoms with Crippen molar-refractivity contribution in [3.63, 3.8) is 0 Å². The summed E-state index contributed by atoms with van der Waals surface area (Å²) in [6.07, 6.45) is 8.51. The van der Waals surface area contributed by atoms with Crippen LogP contribution in [0.3, 0.4) is 0 Å². The zero-order valence-electron chi connectivity index (χ0n) is 14.2. The Morgan fingerprint density at radius 1 is 1.00 bits per heavy atom. The topological polar surface area (TPSA) is 15.3 Å². The molecule has 1 aliphatic carbocycles. The van der Waals surface area contributed by atoms with Gasteiger partial charge in [0, 0.05) is 25.2 Å². The zero-order valence-corrected chi connectivity index (χ0v) is 14.2. The molecule has 0 spiro atoms. The molecule has 0 aromatic heterocycles. The van der Waals surface area contributed by atoms with E-state index < -0.39 is 0 Å². The second kappa shape index (κ2) is 7.79. The van der Waals surface area contributed by atoms with Crippen molar-refractivity contribution in [1.82, 2.24) is 10.2 Å². The molecule has 2 bridgehead atoms. The lowest BCUT2D eigenvalue weighted by Gasteiger charge is -2.49. The minimum Gasteiger partial charge on any atom is -0.313 e. The fourth-order valence-electron chi connectivity index (χ4n) is 4.17. The normalized spacial score (nSPS) is 31.2. The van der Waals surface area contributed by atoms with Crippen molar-refractivity contribution in [3.8, 4) is 0 Å². The Bertz CT molecular complexity index is 261. The summed E-state index contributed by atoms with van der Waals surface area (Å²) in [5.41, 5.74) is 0. The molecule has 1 N–H and O–H groups in total. The fourth-order valence-corrected chi connectivity index (χ4v) is 4.17. The van der Waals surface area contributed by atoms with Gasteiger partial charge in [-0.2, -0.15) is 0 Å². The summed E-state index contributed by atoms with van der Waals surface area (Å²) in [4.78, 5) is 2.71. The van der Waals surface area contributed by atoms with Gasteiger partial charge in [-0.15, -0.1) is 0 Å². The van der Waals surface area contributed by atoms with Gasteiger partial charge in [-0.25, -0.2) is 0 Å². The molecule has 1 saturated carbocycles. The predicted octanol–water partition coefficient (Wildman–Crippen LogP) is 3.91. The van der Waals surface area contributed by atoms with Gasteiger partial charge in [0.2, 0.25) is 0 Å². The number of nitrogens with one attached hydrogen (secondary N) is 1. The van der Waals surface area contributed by atoms with Crippen molar-refractivity contribution in [2.24, 2.45) is 17.8 Å². The molecule has 0 radical (unpaired) electrons. The summed E-state index contributed by atoms with van der Waals surface area (Å²) >= 11 is 0. The summed E-state index contributed by atoms with van der Waals surface area (Å²) in [7, 11) is 0. The summed E-state index contributed by atoms with van der Waals surface area (Å²) in [5, 5.41) is 3.93. The largest absolute Gasteiger partial charge is 0.313 e. The molecule has 0 aromatic carbocycles. The van der Waals surface area contributed by atoms with E-state index in [2.05, 4.69) is 37.9 Å². The Hall–Kier alpha value is -0.0800. The van der Waals surface area contributed by atoms with Crippen LogP contribution in [0.4, 0.5) is 0 Å². The molecule has 1 heterocycles. The van der Waals surface area contributed by atoms with E-state index in [0.717, 1.165) is 29.8 Å². The van der Waals surface area contributed by atoms with Gasteiger partial charge in [0.25, 0.3) is 0 Å². The first-order valence-electron chi connectivity index (χ1n) is 9.05. The highest BCUT2D eigenvalue weighted by molar-refractivity contribution is 4.95. The molecular formula is C18H36N2. The third kappa shape index (κ3) is 4.46. The summed E-state index contributed by atoms with van der Waals surface area (Å²) < 4.78 is 0. The molecule has 1 aliphatic heterocycles. The van der Waals surface area contributed by atoms with E-state index >= 15 is 0 Å². The number of hydrogen-bond donors (Lipinski definition) is 1. The molecule has 1 saturated heterocycles. The summed E-state index contributed by atoms with van der Waals surface area (Å²) in [6, 6.07) is 1.54. The molecule has 2 heteroatoms. The minimum absolute atomic E-state index is 0.727. The van der Waals surface area contributed by atoms with Gasteiger partial charge in [-0.3, -0.25) is 0 Å². The van der Waals surface area contributed by atoms with Crippen LogP contribution >= 0.6 is 0 Å². The maximum absolute atomic E-state index is 3.93. The Kier molecular flexibility index (Phi) is 6.35. The van der Waals surface area contributed by atoms with Crippen molar-refractivity contribution in [2.75, 3.05) is 19.6 Å². The number of fused-ring (bicyclic) bond motifs is 2. The first-order valence-corrected chi connectivity index (χ1v) is 9.05. The van der Waals surface area contributed by atoms with Crippen molar-refractivity contribution in [2.45, 2.75) is 78.3 Å². The van der Waals surface area contributed by atoms with Crippen LogP contribution in [0.15, 0.2) is 0 Å². The highest BCUT2D eigenvalue weighted by Gasteiger charge is 2.39. The highest BCUT2D eigenvalue weighted by atomic mass is 15.2. The van der Waals surface area contributed by atoms with Crippen molar-refractivity contribution in [3.05, 3.63) is 0 Å².